The van der Waals surface area contributed by atoms with Gasteiger partial charge >= 0.3 is 0 Å². The van der Waals surface area contributed by atoms with Crippen LogP contribution in [0.15, 0.2) is 10.5 Å². The summed E-state index contributed by atoms with van der Waals surface area (Å²) < 4.78 is 31.8. The topological polar surface area (TPSA) is 28.4 Å². The smallest absolute Gasteiger partial charge is 0.261 e. The van der Waals surface area contributed by atoms with Crippen molar-refractivity contribution in [1.82, 2.24) is 10.2 Å². The molecule has 0 radical (unpaired) electrons. The average molecular weight is 244 g/mol. The number of furan rings is 1. The summed E-state index contributed by atoms with van der Waals surface area (Å²) in [5.41, 5.74) is 0.931. The molecule has 1 N–H and O–H groups in total. The van der Waals surface area contributed by atoms with Crippen molar-refractivity contribution in [3.8, 4) is 0 Å². The number of nitrogens with zero attached hydrogens (tertiary/aromatic N) is 1. The van der Waals surface area contributed by atoms with E-state index in [4.69, 9.17) is 4.42 Å². The molecule has 1 aromatic rings. The molecule has 2 rings (SSSR count). The van der Waals surface area contributed by atoms with Crippen LogP contribution in [-0.4, -0.2) is 37.5 Å². The Kier molecular flexibility index (Phi) is 3.79. The standard InChI is InChI=1S/C12H18F2N2O/c1-8-7-10(17-9(8)2)11(12(13)14)16-5-3-15-4-6-16/h7,11-12,15H,3-6H2,1-2H3/t11-/m1/s1. The number of halogens is 2. The zero-order valence-corrected chi connectivity index (χ0v) is 10.2. The van der Waals surface area contributed by atoms with E-state index in [1.807, 2.05) is 6.92 Å². The first-order valence-electron chi connectivity index (χ1n) is 5.89. The number of hydrogen-bond acceptors (Lipinski definition) is 3. The molecular formula is C12H18F2N2O. The highest BCUT2D eigenvalue weighted by atomic mass is 19.3. The van der Waals surface area contributed by atoms with Crippen LogP contribution in [0.4, 0.5) is 8.78 Å². The number of alkyl halides is 2. The van der Waals surface area contributed by atoms with Crippen molar-refractivity contribution in [2.45, 2.75) is 26.3 Å². The van der Waals surface area contributed by atoms with Crippen molar-refractivity contribution in [3.05, 3.63) is 23.2 Å². The molecule has 1 atom stereocenters. The van der Waals surface area contributed by atoms with E-state index in [0.717, 1.165) is 24.4 Å². The fourth-order valence-electron chi connectivity index (χ4n) is 2.17. The fraction of sp³-hybridized carbons (Fsp3) is 0.667. The van der Waals surface area contributed by atoms with Crippen LogP contribution in [0.25, 0.3) is 0 Å². The van der Waals surface area contributed by atoms with Gasteiger partial charge in [0.25, 0.3) is 6.43 Å². The lowest BCUT2D eigenvalue weighted by Crippen LogP contribution is -2.46. The monoisotopic (exact) mass is 244 g/mol. The van der Waals surface area contributed by atoms with Gasteiger partial charge in [-0.2, -0.15) is 0 Å². The molecule has 96 valence electrons. The maximum absolute atomic E-state index is 13.2. The van der Waals surface area contributed by atoms with Gasteiger partial charge in [0.15, 0.2) is 0 Å². The van der Waals surface area contributed by atoms with Crippen LogP contribution >= 0.6 is 0 Å². The first-order chi connectivity index (χ1) is 8.09. The molecule has 1 fully saturated rings. The van der Waals surface area contributed by atoms with Crippen molar-refractivity contribution >= 4 is 0 Å². The predicted octanol–water partition coefficient (Wildman–Crippen LogP) is 2.11. The van der Waals surface area contributed by atoms with E-state index in [1.165, 1.54) is 0 Å². The lowest BCUT2D eigenvalue weighted by atomic mass is 10.1. The third kappa shape index (κ3) is 2.66. The van der Waals surface area contributed by atoms with E-state index in [-0.39, 0.29) is 0 Å². The second kappa shape index (κ2) is 5.14. The van der Waals surface area contributed by atoms with Crippen molar-refractivity contribution < 1.29 is 13.2 Å². The van der Waals surface area contributed by atoms with Crippen LogP contribution in [-0.2, 0) is 0 Å². The van der Waals surface area contributed by atoms with E-state index in [1.54, 1.807) is 17.9 Å². The zero-order chi connectivity index (χ0) is 12.4. The highest BCUT2D eigenvalue weighted by molar-refractivity contribution is 5.21. The summed E-state index contributed by atoms with van der Waals surface area (Å²) in [7, 11) is 0. The molecule has 0 bridgehead atoms. The lowest BCUT2D eigenvalue weighted by molar-refractivity contribution is 0.00717. The van der Waals surface area contributed by atoms with Crippen LogP contribution < -0.4 is 5.32 Å². The Balaban J connectivity index is 2.21. The van der Waals surface area contributed by atoms with E-state index in [9.17, 15) is 8.78 Å². The zero-order valence-electron chi connectivity index (χ0n) is 10.2. The van der Waals surface area contributed by atoms with Gasteiger partial charge in [0.05, 0.1) is 0 Å². The van der Waals surface area contributed by atoms with Gasteiger partial charge in [-0.05, 0) is 25.5 Å². The highest BCUT2D eigenvalue weighted by Gasteiger charge is 2.32. The molecule has 17 heavy (non-hydrogen) atoms. The summed E-state index contributed by atoms with van der Waals surface area (Å²) >= 11 is 0. The molecule has 0 saturated carbocycles. The molecule has 0 aromatic carbocycles. The Morgan fingerprint density at radius 3 is 2.41 bits per heavy atom. The van der Waals surface area contributed by atoms with Gasteiger partial charge in [0, 0.05) is 26.2 Å². The summed E-state index contributed by atoms with van der Waals surface area (Å²) in [6.07, 6.45) is -2.42. The Morgan fingerprint density at radius 2 is 1.94 bits per heavy atom. The second-order valence-corrected chi connectivity index (χ2v) is 4.45. The van der Waals surface area contributed by atoms with Crippen molar-refractivity contribution in [2.24, 2.45) is 0 Å². The Morgan fingerprint density at radius 1 is 1.29 bits per heavy atom. The molecular weight excluding hydrogens is 226 g/mol. The average Bonchev–Trinajstić information content (AvgIpc) is 2.60. The maximum atomic E-state index is 13.2. The normalized spacial score (nSPS) is 19.8. The third-order valence-electron chi connectivity index (χ3n) is 3.26. The Hall–Kier alpha value is -0.940. The first kappa shape index (κ1) is 12.5. The summed E-state index contributed by atoms with van der Waals surface area (Å²) in [5.74, 6) is 1.11. The van der Waals surface area contributed by atoms with Gasteiger partial charge < -0.3 is 9.73 Å². The number of aryl methyl sites for hydroxylation is 2. The lowest BCUT2D eigenvalue weighted by Gasteiger charge is -2.33. The van der Waals surface area contributed by atoms with Crippen LogP contribution in [0, 0.1) is 13.8 Å². The second-order valence-electron chi connectivity index (χ2n) is 4.45. The fourth-order valence-corrected chi connectivity index (χ4v) is 2.17. The maximum Gasteiger partial charge on any atom is 0.261 e. The molecule has 0 aliphatic carbocycles. The van der Waals surface area contributed by atoms with Crippen molar-refractivity contribution in [2.75, 3.05) is 26.2 Å². The minimum atomic E-state index is -2.42. The largest absolute Gasteiger partial charge is 0.464 e. The van der Waals surface area contributed by atoms with E-state index >= 15 is 0 Å². The molecule has 1 aliphatic heterocycles. The Labute approximate surface area is 99.8 Å². The minimum absolute atomic E-state index is 0.386. The molecule has 0 spiro atoms. The molecule has 1 aromatic heterocycles. The van der Waals surface area contributed by atoms with Gasteiger partial charge in [0.2, 0.25) is 0 Å². The molecule has 2 heterocycles. The molecule has 1 aliphatic rings. The molecule has 3 nitrogen and oxygen atoms in total. The van der Waals surface area contributed by atoms with E-state index in [2.05, 4.69) is 5.32 Å². The number of rotatable bonds is 3. The number of piperazine rings is 1. The van der Waals surface area contributed by atoms with Gasteiger partial charge in [-0.1, -0.05) is 0 Å². The van der Waals surface area contributed by atoms with Gasteiger partial charge in [0.1, 0.15) is 17.6 Å². The van der Waals surface area contributed by atoms with Crippen molar-refractivity contribution in [3.63, 3.8) is 0 Å². The quantitative estimate of drug-likeness (QED) is 0.882. The Bertz CT molecular complexity index is 353. The molecule has 0 amide bonds. The minimum Gasteiger partial charge on any atom is -0.464 e. The SMILES string of the molecule is Cc1cc([C@H](C(F)F)N2CCNCC2)oc1C. The van der Waals surface area contributed by atoms with Crippen molar-refractivity contribution in [1.29, 1.82) is 0 Å². The van der Waals surface area contributed by atoms with Crippen LogP contribution in [0.1, 0.15) is 23.1 Å². The summed E-state index contributed by atoms with van der Waals surface area (Å²) in [5, 5.41) is 3.16. The van der Waals surface area contributed by atoms with Gasteiger partial charge in [-0.3, -0.25) is 4.90 Å². The van der Waals surface area contributed by atoms with Crippen LogP contribution in [0.5, 0.6) is 0 Å². The predicted molar refractivity (Wildman–Crippen MR) is 61.4 cm³/mol. The van der Waals surface area contributed by atoms with E-state index in [0.29, 0.717) is 18.8 Å². The highest BCUT2D eigenvalue weighted by Crippen LogP contribution is 2.30. The van der Waals surface area contributed by atoms with E-state index < -0.39 is 12.5 Å². The summed E-state index contributed by atoms with van der Waals surface area (Å²) in [4.78, 5) is 1.79. The number of hydrogen-bond donors (Lipinski definition) is 1. The summed E-state index contributed by atoms with van der Waals surface area (Å²) in [6, 6.07) is 0.818. The van der Waals surface area contributed by atoms with Gasteiger partial charge in [-0.25, -0.2) is 8.78 Å². The molecule has 5 heteroatoms. The molecule has 0 unspecified atom stereocenters. The van der Waals surface area contributed by atoms with Gasteiger partial charge in [-0.15, -0.1) is 0 Å². The first-order valence-corrected chi connectivity index (χ1v) is 5.89. The number of nitrogens with one attached hydrogen (secondary N) is 1. The summed E-state index contributed by atoms with van der Waals surface area (Å²) in [6.45, 7) is 6.45. The molecule has 1 saturated heterocycles. The van der Waals surface area contributed by atoms with Crippen LogP contribution in [0.2, 0.25) is 0 Å². The third-order valence-corrected chi connectivity index (χ3v) is 3.26. The van der Waals surface area contributed by atoms with Crippen LogP contribution in [0.3, 0.4) is 0 Å².